The van der Waals surface area contributed by atoms with Crippen LogP contribution in [0, 0.1) is 0 Å². The molecule has 6 N–H and O–H groups in total. The summed E-state index contributed by atoms with van der Waals surface area (Å²) in [5.41, 5.74) is -5.56. The van der Waals surface area contributed by atoms with Crippen LogP contribution in [-0.4, -0.2) is 89.6 Å². The summed E-state index contributed by atoms with van der Waals surface area (Å²) in [6.07, 6.45) is -4.58. The van der Waals surface area contributed by atoms with E-state index in [0.29, 0.717) is 0 Å². The van der Waals surface area contributed by atoms with Gasteiger partial charge in [-0.3, -0.25) is 28.8 Å². The van der Waals surface area contributed by atoms with Crippen LogP contribution in [0.1, 0.15) is 39.5 Å². The molecule has 0 aromatic carbocycles. The molecule has 16 heteroatoms. The average Bonchev–Trinajstić information content (AvgIpc) is 2.51. The highest BCUT2D eigenvalue weighted by Gasteiger charge is 2.42. The molecule has 2 atom stereocenters. The van der Waals surface area contributed by atoms with Crippen LogP contribution < -0.4 is 0 Å². The predicted molar refractivity (Wildman–Crippen MR) is 92.5 cm³/mol. The van der Waals surface area contributed by atoms with Crippen molar-refractivity contribution in [3.8, 4) is 0 Å². The van der Waals surface area contributed by atoms with Gasteiger partial charge in [-0.25, -0.2) is 9.59 Å². The minimum Gasteiger partial charge on any atom is -0.481 e. The fraction of sp³-hybridized carbons (Fsp3) is 0.500. The van der Waals surface area contributed by atoms with Crippen LogP contribution in [0.3, 0.4) is 0 Å². The molecule has 0 spiro atoms. The molecule has 0 bridgehead atoms. The molecule has 2 unspecified atom stereocenters. The Hall–Kier alpha value is -3.92. The second-order valence-electron chi connectivity index (χ2n) is 6.10. The van der Waals surface area contributed by atoms with E-state index in [0.717, 1.165) is 13.8 Å². The zero-order chi connectivity index (χ0) is 25.9. The predicted octanol–water partition coefficient (Wildman–Crippen LogP) is -2.49. The molecule has 0 saturated carbocycles. The molecule has 0 aromatic heterocycles. The maximum atomic E-state index is 10.9. The maximum Gasteiger partial charge on any atom is 0.336 e. The number of carbonyl (C=O) groups is 8. The molecule has 0 amide bonds. The highest BCUT2D eigenvalue weighted by atomic mass is 16.6. The van der Waals surface area contributed by atoms with Crippen LogP contribution in [0.5, 0.6) is 0 Å². The Kier molecular flexibility index (Phi) is 12.0. The molecule has 0 fully saturated rings. The zero-order valence-electron chi connectivity index (χ0n) is 16.6. The van der Waals surface area contributed by atoms with Gasteiger partial charge >= 0.3 is 47.8 Å². The number of aliphatic carboxylic acids is 4. The molecule has 32 heavy (non-hydrogen) atoms. The minimum absolute atomic E-state index is 0.912. The molecular weight excluding hydrogens is 448 g/mol. The Morgan fingerprint density at radius 2 is 0.812 bits per heavy atom. The number of esters is 4. The van der Waals surface area contributed by atoms with Crippen LogP contribution in [-0.2, 0) is 47.8 Å². The topological polar surface area (TPSA) is 276 Å². The third-order valence-corrected chi connectivity index (χ3v) is 3.07. The van der Waals surface area contributed by atoms with Gasteiger partial charge < -0.3 is 40.1 Å². The highest BCUT2D eigenvalue weighted by molar-refractivity contribution is 5.92. The quantitative estimate of drug-likeness (QED) is 0.143. The van der Waals surface area contributed by atoms with E-state index in [4.69, 9.17) is 20.4 Å². The van der Waals surface area contributed by atoms with Crippen LogP contribution in [0.15, 0.2) is 0 Å². The van der Waals surface area contributed by atoms with Crippen LogP contribution >= 0.6 is 0 Å². The Labute approximate surface area is 178 Å². The smallest absolute Gasteiger partial charge is 0.336 e. The molecule has 180 valence electrons. The standard InChI is InChI=1S/2C8H10O8/c2*1-4(9)16-6(12)3-8(15,7(13)14)2-5(10)11/h2*15H,2-3H2,1H3,(H,10,11)(H,13,14). The van der Waals surface area contributed by atoms with Crippen molar-refractivity contribution in [2.75, 3.05) is 0 Å². The third kappa shape index (κ3) is 12.6. The van der Waals surface area contributed by atoms with E-state index >= 15 is 0 Å². The lowest BCUT2D eigenvalue weighted by Gasteiger charge is -2.19. The fourth-order valence-corrected chi connectivity index (χ4v) is 1.80. The first-order valence-electron chi connectivity index (χ1n) is 8.12. The average molecular weight is 468 g/mol. The van der Waals surface area contributed by atoms with Crippen LogP contribution in [0.4, 0.5) is 0 Å². The maximum absolute atomic E-state index is 10.9. The normalized spacial score (nSPS) is 13.6. The van der Waals surface area contributed by atoms with Crippen molar-refractivity contribution in [1.29, 1.82) is 0 Å². The summed E-state index contributed by atoms with van der Waals surface area (Å²) < 4.78 is 7.97. The van der Waals surface area contributed by atoms with Gasteiger partial charge in [0.2, 0.25) is 0 Å². The zero-order valence-corrected chi connectivity index (χ0v) is 16.6. The lowest BCUT2D eigenvalue weighted by molar-refractivity contribution is -0.174. The van der Waals surface area contributed by atoms with Crippen molar-refractivity contribution in [3.63, 3.8) is 0 Å². The molecule has 0 radical (unpaired) electrons. The first-order valence-corrected chi connectivity index (χ1v) is 8.12. The summed E-state index contributed by atoms with van der Waals surface area (Å²) in [6.45, 7) is 1.82. The second-order valence-corrected chi connectivity index (χ2v) is 6.10. The molecule has 0 aliphatic rings. The van der Waals surface area contributed by atoms with Crippen molar-refractivity contribution >= 4 is 47.8 Å². The Balaban J connectivity index is 0. The first kappa shape index (κ1) is 30.3. The molecule has 0 aliphatic heterocycles. The van der Waals surface area contributed by atoms with E-state index in [1.165, 1.54) is 0 Å². The monoisotopic (exact) mass is 468 g/mol. The van der Waals surface area contributed by atoms with Gasteiger partial charge in [0.25, 0.3) is 0 Å². The summed E-state index contributed by atoms with van der Waals surface area (Å²) in [7, 11) is 0. The largest absolute Gasteiger partial charge is 0.481 e. The van der Waals surface area contributed by atoms with Gasteiger partial charge in [-0.1, -0.05) is 0 Å². The molecule has 0 saturated heterocycles. The van der Waals surface area contributed by atoms with Crippen molar-refractivity contribution in [1.82, 2.24) is 0 Å². The number of carbonyl (C=O) groups excluding carboxylic acids is 4. The highest BCUT2D eigenvalue weighted by Crippen LogP contribution is 2.17. The van der Waals surface area contributed by atoms with Gasteiger partial charge in [0.1, 0.15) is 0 Å². The number of rotatable bonds is 10. The fourth-order valence-electron chi connectivity index (χ4n) is 1.80. The summed E-state index contributed by atoms with van der Waals surface area (Å²) in [4.78, 5) is 84.2. The van der Waals surface area contributed by atoms with Crippen LogP contribution in [0.25, 0.3) is 0 Å². The van der Waals surface area contributed by atoms with E-state index in [9.17, 15) is 48.6 Å². The number of hydrogen-bond acceptors (Lipinski definition) is 12. The van der Waals surface area contributed by atoms with Crippen LogP contribution in [0.2, 0.25) is 0 Å². The van der Waals surface area contributed by atoms with E-state index in [1.807, 2.05) is 0 Å². The summed E-state index contributed by atoms with van der Waals surface area (Å²) in [5, 5.41) is 52.5. The van der Waals surface area contributed by atoms with Gasteiger partial charge in [0.15, 0.2) is 11.2 Å². The number of carboxylic acids is 4. The molecule has 16 nitrogen and oxygen atoms in total. The van der Waals surface area contributed by atoms with E-state index in [1.54, 1.807) is 0 Å². The van der Waals surface area contributed by atoms with Gasteiger partial charge in [-0.15, -0.1) is 0 Å². The third-order valence-electron chi connectivity index (χ3n) is 3.07. The van der Waals surface area contributed by atoms with Gasteiger partial charge in [-0.05, 0) is 0 Å². The van der Waals surface area contributed by atoms with E-state index < -0.39 is 84.6 Å². The van der Waals surface area contributed by atoms with E-state index in [2.05, 4.69) is 9.47 Å². The van der Waals surface area contributed by atoms with Crippen molar-refractivity contribution in [3.05, 3.63) is 0 Å². The van der Waals surface area contributed by atoms with E-state index in [-0.39, 0.29) is 0 Å². The van der Waals surface area contributed by atoms with Crippen molar-refractivity contribution < 1.29 is 78.5 Å². The number of aliphatic hydroxyl groups is 2. The Morgan fingerprint density at radius 1 is 0.562 bits per heavy atom. The summed E-state index contributed by atoms with van der Waals surface area (Å²) in [5.74, 6) is -11.5. The van der Waals surface area contributed by atoms with Gasteiger partial charge in [0.05, 0.1) is 25.7 Å². The molecule has 0 aliphatic carbocycles. The molecule has 0 heterocycles. The second kappa shape index (κ2) is 12.7. The Morgan fingerprint density at radius 3 is 0.969 bits per heavy atom. The van der Waals surface area contributed by atoms with Crippen molar-refractivity contribution in [2.24, 2.45) is 0 Å². The SMILES string of the molecule is CC(=O)OC(=O)CC(O)(CC(=O)O)C(=O)O.CC(=O)OC(=O)CC(O)(CC(=O)O)C(=O)O. The Bertz CT molecular complexity index is 732. The first-order chi connectivity index (χ1) is 14.3. The number of ether oxygens (including phenoxy) is 2. The minimum atomic E-state index is -2.78. The summed E-state index contributed by atoms with van der Waals surface area (Å²) >= 11 is 0. The van der Waals surface area contributed by atoms with Gasteiger partial charge in [0, 0.05) is 13.8 Å². The van der Waals surface area contributed by atoms with Gasteiger partial charge in [-0.2, -0.15) is 0 Å². The van der Waals surface area contributed by atoms with Crippen molar-refractivity contribution in [2.45, 2.75) is 50.7 Å². The molecule has 0 aromatic rings. The lowest BCUT2D eigenvalue weighted by atomic mass is 9.96. The lowest BCUT2D eigenvalue weighted by Crippen LogP contribution is -2.43. The summed E-state index contributed by atoms with van der Waals surface area (Å²) in [6, 6.07) is 0. The number of hydrogen-bond donors (Lipinski definition) is 6. The number of carboxylic acid groups (broad SMARTS) is 4. The molecule has 0 rings (SSSR count). The molecular formula is C16H20O16.